The van der Waals surface area contributed by atoms with Gasteiger partial charge in [0.25, 0.3) is 5.91 Å². The van der Waals surface area contributed by atoms with Crippen LogP contribution in [-0.2, 0) is 0 Å². The van der Waals surface area contributed by atoms with Gasteiger partial charge in [-0.2, -0.15) is 0 Å². The fraction of sp³-hybridized carbons (Fsp3) is 0.0769. The van der Waals surface area contributed by atoms with Gasteiger partial charge in [0.05, 0.1) is 4.92 Å². The minimum absolute atomic E-state index is 0.00573. The maximum absolute atomic E-state index is 13.2. The van der Waals surface area contributed by atoms with Gasteiger partial charge in [0.2, 0.25) is 5.82 Å². The van der Waals surface area contributed by atoms with Crippen molar-refractivity contribution in [3.63, 3.8) is 0 Å². The number of benzene rings is 1. The van der Waals surface area contributed by atoms with Crippen LogP contribution in [0.5, 0.6) is 0 Å². The Morgan fingerprint density at radius 3 is 2.71 bits per heavy atom. The van der Waals surface area contributed by atoms with E-state index in [0.717, 1.165) is 12.1 Å². The predicted molar refractivity (Wildman–Crippen MR) is 75.0 cm³/mol. The summed E-state index contributed by atoms with van der Waals surface area (Å²) in [5, 5.41) is 13.2. The van der Waals surface area contributed by atoms with E-state index in [1.165, 1.54) is 25.1 Å². The summed E-state index contributed by atoms with van der Waals surface area (Å²) in [6.45, 7) is 1.51. The molecule has 0 spiro atoms. The van der Waals surface area contributed by atoms with E-state index in [2.05, 4.69) is 10.3 Å². The standard InChI is InChI=1S/C13H9ClFN3O3/c1-7-6-8(2-3-9(7)15)13(19)17-12-10(18(20)21)4-5-11(14)16-12/h2-6H,1H3,(H,16,17,19). The van der Waals surface area contributed by atoms with Gasteiger partial charge >= 0.3 is 5.69 Å². The van der Waals surface area contributed by atoms with Gasteiger partial charge in [0.1, 0.15) is 11.0 Å². The van der Waals surface area contributed by atoms with Crippen molar-refractivity contribution >= 4 is 29.0 Å². The average molecular weight is 310 g/mol. The van der Waals surface area contributed by atoms with Gasteiger partial charge in [-0.25, -0.2) is 9.37 Å². The highest BCUT2D eigenvalue weighted by atomic mass is 35.5. The maximum Gasteiger partial charge on any atom is 0.311 e. The van der Waals surface area contributed by atoms with E-state index in [4.69, 9.17) is 11.6 Å². The zero-order chi connectivity index (χ0) is 15.6. The molecule has 6 nitrogen and oxygen atoms in total. The minimum atomic E-state index is -0.686. The third kappa shape index (κ3) is 3.32. The average Bonchev–Trinajstić information content (AvgIpc) is 2.41. The van der Waals surface area contributed by atoms with Crippen molar-refractivity contribution < 1.29 is 14.1 Å². The number of carbonyl (C=O) groups is 1. The van der Waals surface area contributed by atoms with Crippen LogP contribution in [0, 0.1) is 22.9 Å². The van der Waals surface area contributed by atoms with Gasteiger partial charge in [-0.3, -0.25) is 14.9 Å². The first-order valence-electron chi connectivity index (χ1n) is 5.77. The Morgan fingerprint density at radius 2 is 2.10 bits per heavy atom. The Kier molecular flexibility index (Phi) is 4.13. The lowest BCUT2D eigenvalue weighted by Crippen LogP contribution is -2.14. The van der Waals surface area contributed by atoms with Gasteiger partial charge in [-0.05, 0) is 36.8 Å². The number of aryl methyl sites for hydroxylation is 1. The summed E-state index contributed by atoms with van der Waals surface area (Å²) in [4.78, 5) is 25.9. The molecule has 1 heterocycles. The number of nitrogens with one attached hydrogen (secondary N) is 1. The normalized spacial score (nSPS) is 10.2. The molecule has 1 amide bonds. The molecule has 1 aromatic heterocycles. The smallest absolute Gasteiger partial charge is 0.301 e. The van der Waals surface area contributed by atoms with Crippen LogP contribution in [0.15, 0.2) is 30.3 Å². The van der Waals surface area contributed by atoms with Crippen LogP contribution in [0.25, 0.3) is 0 Å². The lowest BCUT2D eigenvalue weighted by molar-refractivity contribution is -0.384. The Balaban J connectivity index is 2.33. The molecule has 0 radical (unpaired) electrons. The number of carbonyl (C=O) groups excluding carboxylic acids is 1. The molecule has 108 valence electrons. The van der Waals surface area contributed by atoms with Gasteiger partial charge < -0.3 is 5.32 Å². The van der Waals surface area contributed by atoms with E-state index in [-0.39, 0.29) is 27.8 Å². The summed E-state index contributed by atoms with van der Waals surface area (Å²) in [6.07, 6.45) is 0. The second-order valence-corrected chi connectivity index (χ2v) is 4.56. The molecule has 0 saturated carbocycles. The second-order valence-electron chi connectivity index (χ2n) is 4.18. The third-order valence-electron chi connectivity index (χ3n) is 2.69. The Hall–Kier alpha value is -2.54. The largest absolute Gasteiger partial charge is 0.311 e. The molecule has 0 aliphatic carbocycles. The molecule has 21 heavy (non-hydrogen) atoms. The van der Waals surface area contributed by atoms with Gasteiger partial charge in [-0.15, -0.1) is 0 Å². The number of hydrogen-bond donors (Lipinski definition) is 1. The zero-order valence-electron chi connectivity index (χ0n) is 10.8. The molecule has 0 aliphatic heterocycles. The van der Waals surface area contributed by atoms with E-state index < -0.39 is 16.6 Å². The summed E-state index contributed by atoms with van der Waals surface area (Å²) in [5.41, 5.74) is 0.0627. The predicted octanol–water partition coefficient (Wildman–Crippen LogP) is 3.34. The number of hydrogen-bond acceptors (Lipinski definition) is 4. The number of nitrogens with zero attached hydrogens (tertiary/aromatic N) is 2. The highest BCUT2D eigenvalue weighted by Gasteiger charge is 2.19. The Labute approximate surface area is 123 Å². The van der Waals surface area contributed by atoms with Crippen LogP contribution < -0.4 is 5.32 Å². The number of anilines is 1. The molecular weight excluding hydrogens is 301 g/mol. The fourth-order valence-corrected chi connectivity index (χ4v) is 1.78. The molecule has 8 heteroatoms. The van der Waals surface area contributed by atoms with Crippen molar-refractivity contribution in [2.24, 2.45) is 0 Å². The molecule has 0 aliphatic rings. The summed E-state index contributed by atoms with van der Waals surface area (Å²) in [6, 6.07) is 6.14. The third-order valence-corrected chi connectivity index (χ3v) is 2.90. The van der Waals surface area contributed by atoms with Crippen LogP contribution in [0.2, 0.25) is 5.15 Å². The molecule has 2 aromatic rings. The van der Waals surface area contributed by atoms with E-state index in [9.17, 15) is 19.3 Å². The highest BCUT2D eigenvalue weighted by molar-refractivity contribution is 6.29. The molecule has 0 unspecified atom stereocenters. The summed E-state index contributed by atoms with van der Waals surface area (Å²) < 4.78 is 13.2. The van der Waals surface area contributed by atoms with Crippen molar-refractivity contribution in [2.75, 3.05) is 5.32 Å². The van der Waals surface area contributed by atoms with Gasteiger partial charge in [0.15, 0.2) is 0 Å². The fourth-order valence-electron chi connectivity index (χ4n) is 1.63. The summed E-state index contributed by atoms with van der Waals surface area (Å²) in [5.74, 6) is -1.35. The van der Waals surface area contributed by atoms with E-state index in [0.29, 0.717) is 0 Å². The molecule has 2 rings (SSSR count). The molecular formula is C13H9ClFN3O3. The minimum Gasteiger partial charge on any atom is -0.301 e. The van der Waals surface area contributed by atoms with Crippen LogP contribution in [-0.4, -0.2) is 15.8 Å². The highest BCUT2D eigenvalue weighted by Crippen LogP contribution is 2.24. The monoisotopic (exact) mass is 309 g/mol. The Morgan fingerprint density at radius 1 is 1.38 bits per heavy atom. The van der Waals surface area contributed by atoms with Gasteiger partial charge in [0, 0.05) is 11.6 Å². The number of nitro groups is 1. The molecule has 1 N–H and O–H groups in total. The van der Waals surface area contributed by atoms with E-state index in [1.807, 2.05) is 0 Å². The number of rotatable bonds is 3. The quantitative estimate of drug-likeness (QED) is 0.535. The van der Waals surface area contributed by atoms with Crippen LogP contribution in [0.3, 0.4) is 0 Å². The summed E-state index contributed by atoms with van der Waals surface area (Å²) in [7, 11) is 0. The molecule has 0 bridgehead atoms. The molecule has 0 saturated heterocycles. The van der Waals surface area contributed by atoms with Crippen molar-refractivity contribution in [2.45, 2.75) is 6.92 Å². The Bertz CT molecular complexity index is 737. The number of pyridine rings is 1. The van der Waals surface area contributed by atoms with E-state index in [1.54, 1.807) is 0 Å². The first kappa shape index (κ1) is 14.9. The van der Waals surface area contributed by atoms with Gasteiger partial charge in [-0.1, -0.05) is 11.6 Å². The lowest BCUT2D eigenvalue weighted by atomic mass is 10.1. The first-order chi connectivity index (χ1) is 9.88. The van der Waals surface area contributed by atoms with Crippen molar-refractivity contribution in [1.82, 2.24) is 4.98 Å². The molecule has 0 fully saturated rings. The number of aromatic nitrogens is 1. The topological polar surface area (TPSA) is 85.1 Å². The number of amides is 1. The van der Waals surface area contributed by atoms with E-state index >= 15 is 0 Å². The van der Waals surface area contributed by atoms with Crippen LogP contribution >= 0.6 is 11.6 Å². The van der Waals surface area contributed by atoms with Crippen LogP contribution in [0.1, 0.15) is 15.9 Å². The SMILES string of the molecule is Cc1cc(C(=O)Nc2nc(Cl)ccc2[N+](=O)[O-])ccc1F. The second kappa shape index (κ2) is 5.84. The lowest BCUT2D eigenvalue weighted by Gasteiger charge is -2.06. The van der Waals surface area contributed by atoms with Crippen LogP contribution in [0.4, 0.5) is 15.9 Å². The molecule has 1 aromatic carbocycles. The van der Waals surface area contributed by atoms with Crippen molar-refractivity contribution in [1.29, 1.82) is 0 Å². The summed E-state index contributed by atoms with van der Waals surface area (Å²) >= 11 is 5.66. The van der Waals surface area contributed by atoms with Crippen molar-refractivity contribution in [3.05, 3.63) is 62.5 Å². The van der Waals surface area contributed by atoms with Crippen molar-refractivity contribution in [3.8, 4) is 0 Å². The maximum atomic E-state index is 13.2. The first-order valence-corrected chi connectivity index (χ1v) is 6.14. The molecule has 0 atom stereocenters. The number of halogens is 2. The zero-order valence-corrected chi connectivity index (χ0v) is 11.5.